The number of anilines is 1. The van der Waals surface area contributed by atoms with E-state index in [1.165, 1.54) is 0 Å². The molecule has 150 valence electrons. The molecule has 0 aliphatic carbocycles. The molecular formula is C18H25N7OS2. The number of nitrogens with two attached hydrogens (primary N) is 2. The molecule has 7 N–H and O–H groups in total. The molecule has 1 aromatic rings. The number of carbonyl (C=O) groups is 1. The first-order valence-electron chi connectivity index (χ1n) is 8.92. The number of amides is 2. The summed E-state index contributed by atoms with van der Waals surface area (Å²) in [6, 6.07) is 7.81. The third-order valence-corrected chi connectivity index (χ3v) is 5.83. The Kier molecular flexibility index (Phi) is 7.12. The molecule has 10 heteroatoms. The molecule has 2 aliphatic rings. The SMILES string of the molecule is CSSC1=CC2=CN(c3ccc(CNCCCN=C(N)N)cc3)C(=O)NC2N1. The largest absolute Gasteiger partial charge is 0.370 e. The first kappa shape index (κ1) is 20.4. The maximum atomic E-state index is 12.5. The lowest BCUT2D eigenvalue weighted by Crippen LogP contribution is -2.51. The predicted octanol–water partition coefficient (Wildman–Crippen LogP) is 1.64. The normalized spacial score (nSPS) is 18.0. The van der Waals surface area contributed by atoms with E-state index < -0.39 is 0 Å². The Morgan fingerprint density at radius 2 is 2.07 bits per heavy atom. The molecule has 2 amide bonds. The van der Waals surface area contributed by atoms with Crippen LogP contribution in [0.15, 0.2) is 52.1 Å². The average Bonchev–Trinajstić information content (AvgIpc) is 3.05. The van der Waals surface area contributed by atoms with Crippen LogP contribution in [0, 0.1) is 0 Å². The van der Waals surface area contributed by atoms with Gasteiger partial charge in [0, 0.05) is 24.9 Å². The third kappa shape index (κ3) is 5.37. The molecule has 1 atom stereocenters. The number of guanidine groups is 1. The number of hydrogen-bond donors (Lipinski definition) is 5. The second kappa shape index (κ2) is 9.76. The Morgan fingerprint density at radius 1 is 1.29 bits per heavy atom. The Balaban J connectivity index is 1.55. The van der Waals surface area contributed by atoms with Gasteiger partial charge in [0.05, 0.1) is 10.7 Å². The molecule has 1 aromatic carbocycles. The highest BCUT2D eigenvalue weighted by atomic mass is 33.1. The van der Waals surface area contributed by atoms with Crippen molar-refractivity contribution in [2.75, 3.05) is 24.2 Å². The molecule has 0 bridgehead atoms. The van der Waals surface area contributed by atoms with Gasteiger partial charge in [0.25, 0.3) is 0 Å². The standard InChI is InChI=1S/C18H25N7OS2/c1-27-28-15-9-13-11-25(18(26)24-16(13)23-15)14-5-3-12(4-6-14)10-21-7-2-8-22-17(19)20/h3-6,9,11,16,21,23H,2,7-8,10H2,1H3,(H,24,26)(H4,19,20,22). The first-order chi connectivity index (χ1) is 13.6. The van der Waals surface area contributed by atoms with Crippen LogP contribution in [0.4, 0.5) is 10.5 Å². The number of aliphatic imine (C=N–C) groups is 1. The van der Waals surface area contributed by atoms with E-state index in [4.69, 9.17) is 11.5 Å². The molecule has 0 fully saturated rings. The van der Waals surface area contributed by atoms with Crippen molar-refractivity contribution >= 4 is 39.3 Å². The lowest BCUT2D eigenvalue weighted by molar-refractivity contribution is 0.244. The van der Waals surface area contributed by atoms with Crippen LogP contribution in [-0.2, 0) is 6.54 Å². The van der Waals surface area contributed by atoms with Crippen LogP contribution in [0.1, 0.15) is 12.0 Å². The summed E-state index contributed by atoms with van der Waals surface area (Å²) in [5, 5.41) is 10.7. The molecule has 28 heavy (non-hydrogen) atoms. The molecule has 0 spiro atoms. The minimum Gasteiger partial charge on any atom is -0.370 e. The average molecular weight is 420 g/mol. The van der Waals surface area contributed by atoms with Crippen LogP contribution in [0.25, 0.3) is 0 Å². The van der Waals surface area contributed by atoms with Crippen molar-refractivity contribution < 1.29 is 4.79 Å². The molecule has 0 saturated heterocycles. The van der Waals surface area contributed by atoms with Crippen molar-refractivity contribution in [2.24, 2.45) is 16.5 Å². The van der Waals surface area contributed by atoms with Gasteiger partial charge in [0.1, 0.15) is 6.17 Å². The van der Waals surface area contributed by atoms with Gasteiger partial charge in [-0.2, -0.15) is 0 Å². The zero-order chi connectivity index (χ0) is 19.9. The van der Waals surface area contributed by atoms with Gasteiger partial charge in [-0.15, -0.1) is 0 Å². The van der Waals surface area contributed by atoms with Crippen molar-refractivity contribution in [1.82, 2.24) is 16.0 Å². The number of carbonyl (C=O) groups excluding carboxylic acids is 1. The third-order valence-electron chi connectivity index (χ3n) is 4.21. The quantitative estimate of drug-likeness (QED) is 0.179. The molecule has 3 rings (SSSR count). The number of benzene rings is 1. The summed E-state index contributed by atoms with van der Waals surface area (Å²) in [4.78, 5) is 18.1. The zero-order valence-corrected chi connectivity index (χ0v) is 17.3. The van der Waals surface area contributed by atoms with Gasteiger partial charge in [-0.3, -0.25) is 9.89 Å². The Labute approximate surface area is 172 Å². The van der Waals surface area contributed by atoms with Crippen molar-refractivity contribution in [3.63, 3.8) is 0 Å². The molecular weight excluding hydrogens is 394 g/mol. The summed E-state index contributed by atoms with van der Waals surface area (Å²) in [5.41, 5.74) is 13.6. The number of nitrogens with zero attached hydrogens (tertiary/aromatic N) is 2. The fourth-order valence-electron chi connectivity index (χ4n) is 2.88. The fraction of sp³-hybridized carbons (Fsp3) is 0.333. The van der Waals surface area contributed by atoms with Gasteiger partial charge >= 0.3 is 6.03 Å². The van der Waals surface area contributed by atoms with E-state index in [1.807, 2.05) is 36.7 Å². The van der Waals surface area contributed by atoms with E-state index in [1.54, 1.807) is 26.5 Å². The number of nitrogens with one attached hydrogen (secondary N) is 3. The Morgan fingerprint density at radius 3 is 2.79 bits per heavy atom. The summed E-state index contributed by atoms with van der Waals surface area (Å²) < 4.78 is 0. The van der Waals surface area contributed by atoms with Crippen molar-refractivity contribution in [2.45, 2.75) is 19.1 Å². The maximum Gasteiger partial charge on any atom is 0.327 e. The van der Waals surface area contributed by atoms with Crippen molar-refractivity contribution in [3.05, 3.63) is 52.7 Å². The molecule has 0 aromatic heterocycles. The van der Waals surface area contributed by atoms with E-state index in [0.29, 0.717) is 6.54 Å². The van der Waals surface area contributed by atoms with Crippen LogP contribution < -0.4 is 32.3 Å². The minimum absolute atomic E-state index is 0.127. The molecule has 2 aliphatic heterocycles. The highest BCUT2D eigenvalue weighted by Crippen LogP contribution is 2.33. The monoisotopic (exact) mass is 419 g/mol. The summed E-state index contributed by atoms with van der Waals surface area (Å²) in [6.07, 6.45) is 6.70. The van der Waals surface area contributed by atoms with Gasteiger partial charge in [0.2, 0.25) is 0 Å². The van der Waals surface area contributed by atoms with E-state index >= 15 is 0 Å². The smallest absolute Gasteiger partial charge is 0.327 e. The summed E-state index contributed by atoms with van der Waals surface area (Å²) in [7, 11) is 3.31. The van der Waals surface area contributed by atoms with E-state index in [2.05, 4.69) is 27.0 Å². The second-order valence-corrected chi connectivity index (χ2v) is 8.73. The van der Waals surface area contributed by atoms with Crippen LogP contribution in [0.5, 0.6) is 0 Å². The summed E-state index contributed by atoms with van der Waals surface area (Å²) >= 11 is 0. The van der Waals surface area contributed by atoms with Crippen molar-refractivity contribution in [1.29, 1.82) is 0 Å². The van der Waals surface area contributed by atoms with Gasteiger partial charge in [-0.25, -0.2) is 4.79 Å². The van der Waals surface area contributed by atoms with Gasteiger partial charge in [0.15, 0.2) is 5.96 Å². The van der Waals surface area contributed by atoms with Gasteiger partial charge < -0.3 is 27.4 Å². The van der Waals surface area contributed by atoms with Crippen LogP contribution >= 0.6 is 21.6 Å². The van der Waals surface area contributed by atoms with E-state index in [-0.39, 0.29) is 18.2 Å². The molecule has 0 saturated carbocycles. The summed E-state index contributed by atoms with van der Waals surface area (Å²) in [6.45, 7) is 2.20. The highest BCUT2D eigenvalue weighted by Gasteiger charge is 2.30. The molecule has 2 heterocycles. The van der Waals surface area contributed by atoms with Crippen LogP contribution in [0.3, 0.4) is 0 Å². The molecule has 8 nitrogen and oxygen atoms in total. The van der Waals surface area contributed by atoms with Gasteiger partial charge in [-0.1, -0.05) is 22.9 Å². The Hall–Kier alpha value is -2.30. The van der Waals surface area contributed by atoms with Crippen molar-refractivity contribution in [3.8, 4) is 0 Å². The van der Waals surface area contributed by atoms with Crippen LogP contribution in [0.2, 0.25) is 0 Å². The maximum absolute atomic E-state index is 12.5. The zero-order valence-electron chi connectivity index (χ0n) is 15.6. The minimum atomic E-state index is -0.152. The highest BCUT2D eigenvalue weighted by molar-refractivity contribution is 8.77. The lowest BCUT2D eigenvalue weighted by atomic mass is 10.1. The fourth-order valence-corrected chi connectivity index (χ4v) is 4.24. The second-order valence-electron chi connectivity index (χ2n) is 6.29. The summed E-state index contributed by atoms with van der Waals surface area (Å²) in [5.74, 6) is 0.127. The number of urea groups is 1. The van der Waals surface area contributed by atoms with Crippen LogP contribution in [-0.4, -0.2) is 37.5 Å². The Bertz CT molecular complexity index is 788. The van der Waals surface area contributed by atoms with Gasteiger partial charge in [-0.05, 0) is 53.8 Å². The number of hydrogen-bond acceptors (Lipinski definition) is 6. The molecule has 1 unspecified atom stereocenters. The first-order valence-corrected chi connectivity index (χ1v) is 11.5. The molecule has 0 radical (unpaired) electrons. The topological polar surface area (TPSA) is 121 Å². The lowest BCUT2D eigenvalue weighted by Gasteiger charge is -2.29. The number of fused-ring (bicyclic) bond motifs is 1. The van der Waals surface area contributed by atoms with E-state index in [9.17, 15) is 4.79 Å². The number of rotatable bonds is 9. The van der Waals surface area contributed by atoms with E-state index in [0.717, 1.165) is 41.4 Å². The predicted molar refractivity (Wildman–Crippen MR) is 119 cm³/mol.